The maximum absolute atomic E-state index is 10.3. The number of hydrogen-bond donors (Lipinski definition) is 1. The van der Waals surface area contributed by atoms with Gasteiger partial charge in [0.15, 0.2) is 0 Å². The van der Waals surface area contributed by atoms with Crippen LogP contribution in [0.25, 0.3) is 0 Å². The van der Waals surface area contributed by atoms with E-state index >= 15 is 0 Å². The number of aliphatic hydroxyl groups excluding tert-OH is 1. The van der Waals surface area contributed by atoms with Gasteiger partial charge in [0.1, 0.15) is 11.9 Å². The van der Waals surface area contributed by atoms with E-state index in [9.17, 15) is 5.11 Å². The highest BCUT2D eigenvalue weighted by atomic mass is 16.5. The zero-order valence-corrected chi connectivity index (χ0v) is 11.2. The van der Waals surface area contributed by atoms with Crippen molar-refractivity contribution in [1.82, 2.24) is 9.97 Å². The average molecular weight is 258 g/mol. The second kappa shape index (κ2) is 6.29. The molecule has 0 bridgehead atoms. The van der Waals surface area contributed by atoms with Crippen molar-refractivity contribution in [2.45, 2.75) is 26.4 Å². The molecule has 1 atom stereocenters. The third kappa shape index (κ3) is 3.51. The summed E-state index contributed by atoms with van der Waals surface area (Å²) < 4.78 is 5.51. The van der Waals surface area contributed by atoms with Crippen LogP contribution >= 0.6 is 0 Å². The molecule has 0 fully saturated rings. The number of nitrogens with zero attached hydrogens (tertiary/aromatic N) is 2. The topological polar surface area (TPSA) is 55.2 Å². The second-order valence-corrected chi connectivity index (χ2v) is 4.46. The van der Waals surface area contributed by atoms with Gasteiger partial charge in [0, 0.05) is 18.0 Å². The number of hydrogen-bond acceptors (Lipinski definition) is 4. The fourth-order valence-corrected chi connectivity index (χ4v) is 1.76. The molecule has 2 aromatic rings. The van der Waals surface area contributed by atoms with Crippen molar-refractivity contribution in [3.05, 3.63) is 53.6 Å². The van der Waals surface area contributed by atoms with E-state index in [1.54, 1.807) is 24.7 Å². The average Bonchev–Trinajstić information content (AvgIpc) is 2.44. The molecule has 19 heavy (non-hydrogen) atoms. The quantitative estimate of drug-likeness (QED) is 0.895. The molecular formula is C15H18N2O2. The first-order valence-corrected chi connectivity index (χ1v) is 6.39. The SMILES string of the molecule is CCCOc1cncc(C(O)c2cc(C)ccn2)c1. The van der Waals surface area contributed by atoms with Crippen molar-refractivity contribution in [2.75, 3.05) is 6.61 Å². The molecule has 0 radical (unpaired) electrons. The van der Waals surface area contributed by atoms with Crippen LogP contribution in [0.2, 0.25) is 0 Å². The largest absolute Gasteiger partial charge is 0.492 e. The minimum atomic E-state index is -0.780. The first-order chi connectivity index (χ1) is 9.20. The lowest BCUT2D eigenvalue weighted by molar-refractivity contribution is 0.213. The third-order valence-electron chi connectivity index (χ3n) is 2.74. The summed E-state index contributed by atoms with van der Waals surface area (Å²) in [7, 11) is 0. The zero-order valence-electron chi connectivity index (χ0n) is 11.2. The highest BCUT2D eigenvalue weighted by Gasteiger charge is 2.13. The van der Waals surface area contributed by atoms with Gasteiger partial charge in [-0.1, -0.05) is 6.92 Å². The van der Waals surface area contributed by atoms with Crippen molar-refractivity contribution >= 4 is 0 Å². The lowest BCUT2D eigenvalue weighted by Gasteiger charge is -2.12. The summed E-state index contributed by atoms with van der Waals surface area (Å²) in [6.07, 6.45) is 5.13. The molecular weight excluding hydrogens is 240 g/mol. The third-order valence-corrected chi connectivity index (χ3v) is 2.74. The molecule has 0 aliphatic carbocycles. The Bertz CT molecular complexity index is 543. The van der Waals surface area contributed by atoms with Crippen LogP contribution in [-0.4, -0.2) is 21.7 Å². The molecule has 1 unspecified atom stereocenters. The van der Waals surface area contributed by atoms with Crippen molar-refractivity contribution in [1.29, 1.82) is 0 Å². The molecule has 0 aliphatic rings. The number of rotatable bonds is 5. The Balaban J connectivity index is 2.21. The zero-order chi connectivity index (χ0) is 13.7. The van der Waals surface area contributed by atoms with Gasteiger partial charge in [-0.15, -0.1) is 0 Å². The van der Waals surface area contributed by atoms with Crippen molar-refractivity contribution < 1.29 is 9.84 Å². The van der Waals surface area contributed by atoms with Gasteiger partial charge in [0.2, 0.25) is 0 Å². The Morgan fingerprint density at radius 3 is 2.89 bits per heavy atom. The minimum Gasteiger partial charge on any atom is -0.492 e. The highest BCUT2D eigenvalue weighted by molar-refractivity contribution is 5.30. The summed E-state index contributed by atoms with van der Waals surface area (Å²) in [6, 6.07) is 5.57. The van der Waals surface area contributed by atoms with E-state index in [1.807, 2.05) is 26.0 Å². The van der Waals surface area contributed by atoms with Gasteiger partial charge in [-0.2, -0.15) is 0 Å². The van der Waals surface area contributed by atoms with Crippen LogP contribution in [0.15, 0.2) is 36.8 Å². The summed E-state index contributed by atoms with van der Waals surface area (Å²) in [4.78, 5) is 8.28. The molecule has 1 N–H and O–H groups in total. The predicted octanol–water partition coefficient (Wildman–Crippen LogP) is 2.66. The summed E-state index contributed by atoms with van der Waals surface area (Å²) in [5.41, 5.74) is 2.37. The Morgan fingerprint density at radius 2 is 2.16 bits per heavy atom. The van der Waals surface area contributed by atoms with Crippen LogP contribution in [0.1, 0.15) is 36.3 Å². The summed E-state index contributed by atoms with van der Waals surface area (Å²) in [5.74, 6) is 0.672. The fourth-order valence-electron chi connectivity index (χ4n) is 1.76. The van der Waals surface area contributed by atoms with Gasteiger partial charge < -0.3 is 9.84 Å². The van der Waals surface area contributed by atoms with Crippen LogP contribution in [0.5, 0.6) is 5.75 Å². The monoisotopic (exact) mass is 258 g/mol. The lowest BCUT2D eigenvalue weighted by atomic mass is 10.1. The molecule has 0 aliphatic heterocycles. The molecule has 0 saturated heterocycles. The van der Waals surface area contributed by atoms with Crippen molar-refractivity contribution in [2.24, 2.45) is 0 Å². The Morgan fingerprint density at radius 1 is 1.32 bits per heavy atom. The minimum absolute atomic E-state index is 0.620. The lowest BCUT2D eigenvalue weighted by Crippen LogP contribution is -2.04. The number of aromatic nitrogens is 2. The van der Waals surface area contributed by atoms with Gasteiger partial charge in [-0.3, -0.25) is 9.97 Å². The van der Waals surface area contributed by atoms with E-state index < -0.39 is 6.10 Å². The molecule has 100 valence electrons. The maximum atomic E-state index is 10.3. The molecule has 2 heterocycles. The molecule has 4 nitrogen and oxygen atoms in total. The van der Waals surface area contributed by atoms with Gasteiger partial charge in [-0.05, 0) is 37.1 Å². The van der Waals surface area contributed by atoms with Crippen molar-refractivity contribution in [3.8, 4) is 5.75 Å². The van der Waals surface area contributed by atoms with Crippen LogP contribution in [0.4, 0.5) is 0 Å². The second-order valence-electron chi connectivity index (χ2n) is 4.46. The van der Waals surface area contributed by atoms with Crippen LogP contribution in [0.3, 0.4) is 0 Å². The van der Waals surface area contributed by atoms with Crippen LogP contribution < -0.4 is 4.74 Å². The van der Waals surface area contributed by atoms with Gasteiger partial charge in [0.25, 0.3) is 0 Å². The Hall–Kier alpha value is -1.94. The van der Waals surface area contributed by atoms with E-state index in [-0.39, 0.29) is 0 Å². The first kappa shape index (κ1) is 13.5. The van der Waals surface area contributed by atoms with Gasteiger partial charge >= 0.3 is 0 Å². The number of ether oxygens (including phenoxy) is 1. The van der Waals surface area contributed by atoms with Crippen molar-refractivity contribution in [3.63, 3.8) is 0 Å². The van der Waals surface area contributed by atoms with E-state index in [1.165, 1.54) is 0 Å². The molecule has 2 aromatic heterocycles. The van der Waals surface area contributed by atoms with Gasteiger partial charge in [-0.25, -0.2) is 0 Å². The van der Waals surface area contributed by atoms with E-state index in [4.69, 9.17) is 4.74 Å². The van der Waals surface area contributed by atoms with E-state index in [2.05, 4.69) is 9.97 Å². The maximum Gasteiger partial charge on any atom is 0.137 e. The van der Waals surface area contributed by atoms with Crippen LogP contribution in [-0.2, 0) is 0 Å². The molecule has 0 spiro atoms. The predicted molar refractivity (Wildman–Crippen MR) is 73.1 cm³/mol. The normalized spacial score (nSPS) is 12.2. The summed E-state index contributed by atoms with van der Waals surface area (Å²) >= 11 is 0. The molecule has 4 heteroatoms. The molecule has 0 aromatic carbocycles. The van der Waals surface area contributed by atoms with Crippen LogP contribution in [0, 0.1) is 6.92 Å². The fraction of sp³-hybridized carbons (Fsp3) is 0.333. The standard InChI is InChI=1S/C15H18N2O2/c1-3-6-19-13-8-12(9-16-10-13)15(18)14-7-11(2)4-5-17-14/h4-5,7-10,15,18H,3,6H2,1-2H3. The van der Waals surface area contributed by atoms with Gasteiger partial charge in [0.05, 0.1) is 18.5 Å². The Kier molecular flexibility index (Phi) is 4.47. The first-order valence-electron chi connectivity index (χ1n) is 6.39. The highest BCUT2D eigenvalue weighted by Crippen LogP contribution is 2.23. The number of aliphatic hydroxyl groups is 1. The molecule has 0 amide bonds. The number of aryl methyl sites for hydroxylation is 1. The molecule has 2 rings (SSSR count). The molecule has 0 saturated carbocycles. The van der Waals surface area contributed by atoms with E-state index in [0.29, 0.717) is 23.6 Å². The van der Waals surface area contributed by atoms with E-state index in [0.717, 1.165) is 12.0 Å². The summed E-state index contributed by atoms with van der Waals surface area (Å²) in [6.45, 7) is 4.66. The smallest absolute Gasteiger partial charge is 0.137 e. The summed E-state index contributed by atoms with van der Waals surface area (Å²) in [5, 5.41) is 10.3. The Labute approximate surface area is 113 Å². The number of pyridine rings is 2.